The van der Waals surface area contributed by atoms with Crippen LogP contribution in [0.2, 0.25) is 0 Å². The van der Waals surface area contributed by atoms with Crippen LogP contribution in [0.4, 0.5) is 13.2 Å². The van der Waals surface area contributed by atoms with E-state index in [0.29, 0.717) is 17.5 Å². The van der Waals surface area contributed by atoms with Crippen molar-refractivity contribution in [1.29, 1.82) is 0 Å². The van der Waals surface area contributed by atoms with Gasteiger partial charge in [0, 0.05) is 12.2 Å². The summed E-state index contributed by atoms with van der Waals surface area (Å²) in [4.78, 5) is 0. The van der Waals surface area contributed by atoms with Crippen molar-refractivity contribution in [3.8, 4) is 16.9 Å². The molecule has 0 heterocycles. The van der Waals surface area contributed by atoms with Crippen molar-refractivity contribution in [2.45, 2.75) is 12.6 Å². The van der Waals surface area contributed by atoms with Crippen LogP contribution in [0, 0.1) is 0 Å². The maximum Gasteiger partial charge on any atom is 0.416 e. The Morgan fingerprint density at radius 3 is 2.15 bits per heavy atom. The van der Waals surface area contributed by atoms with Crippen LogP contribution in [0.25, 0.3) is 11.1 Å². The molecule has 0 bridgehead atoms. The summed E-state index contributed by atoms with van der Waals surface area (Å²) in [6.07, 6.45) is -3.95. The molecule has 2 nitrogen and oxygen atoms in total. The van der Waals surface area contributed by atoms with Crippen molar-refractivity contribution in [1.82, 2.24) is 0 Å². The Morgan fingerprint density at radius 1 is 0.950 bits per heavy atom. The minimum atomic E-state index is -4.38. The Morgan fingerprint density at radius 2 is 1.60 bits per heavy atom. The van der Waals surface area contributed by atoms with Gasteiger partial charge in [-0.3, -0.25) is 0 Å². The fourth-order valence-electron chi connectivity index (χ4n) is 1.94. The zero-order chi connectivity index (χ0) is 14.8. The van der Waals surface area contributed by atoms with Crippen LogP contribution in [0.1, 0.15) is 11.1 Å². The molecule has 0 spiro atoms. The second-order valence-electron chi connectivity index (χ2n) is 4.40. The lowest BCUT2D eigenvalue weighted by Crippen LogP contribution is -2.04. The topological polar surface area (TPSA) is 40.5 Å². The first-order chi connectivity index (χ1) is 9.41. The van der Waals surface area contributed by atoms with Crippen LogP contribution in [0.5, 0.6) is 5.75 Å². The number of phenolic OH excluding ortho intramolecular Hbond substituents is 1. The normalized spacial score (nSPS) is 11.6. The molecule has 0 radical (unpaired) electrons. The number of hydrogen-bond donors (Lipinski definition) is 2. The summed E-state index contributed by atoms with van der Waals surface area (Å²) in [7, 11) is 0. The lowest BCUT2D eigenvalue weighted by Gasteiger charge is -2.10. The highest BCUT2D eigenvalue weighted by atomic mass is 19.4. The molecular formula is C15H13F3O2. The van der Waals surface area contributed by atoms with Gasteiger partial charge in [0.2, 0.25) is 0 Å². The second-order valence-corrected chi connectivity index (χ2v) is 4.40. The van der Waals surface area contributed by atoms with Crippen molar-refractivity contribution >= 4 is 0 Å². The Hall–Kier alpha value is -2.01. The summed E-state index contributed by atoms with van der Waals surface area (Å²) in [6.45, 7) is -0.0305. The second kappa shape index (κ2) is 5.54. The summed E-state index contributed by atoms with van der Waals surface area (Å²) in [5, 5.41) is 18.7. The SMILES string of the molecule is OCCc1ccc(O)c(-c2ccc(C(F)(F)F)cc2)c1. The quantitative estimate of drug-likeness (QED) is 0.902. The lowest BCUT2D eigenvalue weighted by molar-refractivity contribution is -0.137. The van der Waals surface area contributed by atoms with Crippen molar-refractivity contribution < 1.29 is 23.4 Å². The summed E-state index contributed by atoms with van der Waals surface area (Å²) in [6, 6.07) is 9.40. The molecule has 0 amide bonds. The van der Waals surface area contributed by atoms with Gasteiger partial charge < -0.3 is 10.2 Å². The third kappa shape index (κ3) is 3.11. The summed E-state index contributed by atoms with van der Waals surface area (Å²) in [5.74, 6) is -0.00792. The number of aliphatic hydroxyl groups is 1. The number of aromatic hydroxyl groups is 1. The molecule has 20 heavy (non-hydrogen) atoms. The molecule has 2 N–H and O–H groups in total. The first-order valence-electron chi connectivity index (χ1n) is 6.02. The van der Waals surface area contributed by atoms with E-state index in [0.717, 1.165) is 17.7 Å². The Kier molecular flexibility index (Phi) is 3.99. The van der Waals surface area contributed by atoms with Gasteiger partial charge in [-0.2, -0.15) is 13.2 Å². The highest BCUT2D eigenvalue weighted by Gasteiger charge is 2.30. The minimum absolute atomic E-state index is 0.00792. The first-order valence-corrected chi connectivity index (χ1v) is 6.02. The van der Waals surface area contributed by atoms with Gasteiger partial charge in [-0.25, -0.2) is 0 Å². The van der Waals surface area contributed by atoms with E-state index in [9.17, 15) is 18.3 Å². The molecule has 0 unspecified atom stereocenters. The Bertz CT molecular complexity index is 589. The number of alkyl halides is 3. The molecule has 0 aromatic heterocycles. The van der Waals surface area contributed by atoms with Gasteiger partial charge in [0.05, 0.1) is 5.56 Å². The molecule has 0 atom stereocenters. The van der Waals surface area contributed by atoms with E-state index < -0.39 is 11.7 Å². The molecular weight excluding hydrogens is 269 g/mol. The van der Waals surface area contributed by atoms with Crippen LogP contribution in [0.3, 0.4) is 0 Å². The molecule has 0 saturated heterocycles. The summed E-state index contributed by atoms with van der Waals surface area (Å²) >= 11 is 0. The number of rotatable bonds is 3. The van der Waals surface area contributed by atoms with Crippen molar-refractivity contribution in [3.05, 3.63) is 53.6 Å². The zero-order valence-electron chi connectivity index (χ0n) is 10.5. The number of hydrogen-bond acceptors (Lipinski definition) is 2. The minimum Gasteiger partial charge on any atom is -0.507 e. The number of phenols is 1. The smallest absolute Gasteiger partial charge is 0.416 e. The average molecular weight is 282 g/mol. The molecule has 106 valence electrons. The van der Waals surface area contributed by atoms with Crippen LogP contribution >= 0.6 is 0 Å². The average Bonchev–Trinajstić information content (AvgIpc) is 2.40. The molecule has 0 aliphatic carbocycles. The van der Waals surface area contributed by atoms with Crippen molar-refractivity contribution in [3.63, 3.8) is 0 Å². The number of aliphatic hydroxyl groups excluding tert-OH is 1. The van der Waals surface area contributed by atoms with Crippen molar-refractivity contribution in [2.24, 2.45) is 0 Å². The van der Waals surface area contributed by atoms with Gasteiger partial charge in [0.25, 0.3) is 0 Å². The lowest BCUT2D eigenvalue weighted by atomic mass is 9.99. The standard InChI is InChI=1S/C15H13F3O2/c16-15(17,18)12-4-2-11(3-5-12)13-9-10(7-8-19)1-6-14(13)20/h1-6,9,19-20H,7-8H2. The Balaban J connectivity index is 2.38. The largest absolute Gasteiger partial charge is 0.507 e. The zero-order valence-corrected chi connectivity index (χ0v) is 10.5. The van der Waals surface area contributed by atoms with Crippen LogP contribution in [-0.2, 0) is 12.6 Å². The third-order valence-electron chi connectivity index (χ3n) is 2.98. The highest BCUT2D eigenvalue weighted by molar-refractivity contribution is 5.71. The van der Waals surface area contributed by atoms with Crippen molar-refractivity contribution in [2.75, 3.05) is 6.61 Å². The van der Waals surface area contributed by atoms with Crippen LogP contribution < -0.4 is 0 Å². The van der Waals surface area contributed by atoms with E-state index in [-0.39, 0.29) is 12.4 Å². The predicted molar refractivity (Wildman–Crippen MR) is 69.3 cm³/mol. The van der Waals surface area contributed by atoms with E-state index in [1.165, 1.54) is 18.2 Å². The molecule has 0 saturated carbocycles. The fourth-order valence-corrected chi connectivity index (χ4v) is 1.94. The van der Waals surface area contributed by atoms with E-state index in [1.807, 2.05) is 0 Å². The van der Waals surface area contributed by atoms with Gasteiger partial charge in [0.15, 0.2) is 0 Å². The molecule has 2 aromatic rings. The van der Waals surface area contributed by atoms with Gasteiger partial charge in [0.1, 0.15) is 5.75 Å². The Labute approximate surface area is 114 Å². The predicted octanol–water partition coefficient (Wildman–Crippen LogP) is 3.61. The fraction of sp³-hybridized carbons (Fsp3) is 0.200. The molecule has 2 rings (SSSR count). The van der Waals surface area contributed by atoms with Crippen LogP contribution in [-0.4, -0.2) is 16.8 Å². The van der Waals surface area contributed by atoms with E-state index >= 15 is 0 Å². The third-order valence-corrected chi connectivity index (χ3v) is 2.98. The summed E-state index contributed by atoms with van der Waals surface area (Å²) in [5.41, 5.74) is 1.02. The monoisotopic (exact) mass is 282 g/mol. The maximum absolute atomic E-state index is 12.5. The molecule has 5 heteroatoms. The number of halogens is 3. The first kappa shape index (κ1) is 14.4. The molecule has 0 aliphatic heterocycles. The molecule has 0 fully saturated rings. The van der Waals surface area contributed by atoms with Crippen LogP contribution in [0.15, 0.2) is 42.5 Å². The van der Waals surface area contributed by atoms with Gasteiger partial charge in [-0.15, -0.1) is 0 Å². The van der Waals surface area contributed by atoms with E-state index in [4.69, 9.17) is 5.11 Å². The van der Waals surface area contributed by atoms with E-state index in [1.54, 1.807) is 12.1 Å². The summed E-state index contributed by atoms with van der Waals surface area (Å²) < 4.78 is 37.5. The molecule has 0 aliphatic rings. The molecule has 2 aromatic carbocycles. The van der Waals surface area contributed by atoms with Gasteiger partial charge in [-0.05, 0) is 41.8 Å². The number of benzene rings is 2. The highest BCUT2D eigenvalue weighted by Crippen LogP contribution is 2.34. The maximum atomic E-state index is 12.5. The van der Waals surface area contributed by atoms with Gasteiger partial charge in [-0.1, -0.05) is 18.2 Å². The van der Waals surface area contributed by atoms with Gasteiger partial charge >= 0.3 is 6.18 Å². The van der Waals surface area contributed by atoms with E-state index in [2.05, 4.69) is 0 Å².